The lowest BCUT2D eigenvalue weighted by Crippen LogP contribution is -2.35. The molecule has 2 aromatic rings. The van der Waals surface area contributed by atoms with Gasteiger partial charge in [-0.2, -0.15) is 0 Å². The van der Waals surface area contributed by atoms with Crippen LogP contribution in [0.15, 0.2) is 54.6 Å². The van der Waals surface area contributed by atoms with Crippen molar-refractivity contribution in [3.8, 4) is 0 Å². The average molecular weight is 376 g/mol. The number of esters is 1. The lowest BCUT2D eigenvalue weighted by molar-refractivity contribution is -0.145. The van der Waals surface area contributed by atoms with Crippen molar-refractivity contribution in [3.05, 3.63) is 60.2 Å². The van der Waals surface area contributed by atoms with Crippen molar-refractivity contribution in [1.29, 1.82) is 0 Å². The average Bonchev–Trinajstić information content (AvgIpc) is 3.31. The molecule has 2 bridgehead atoms. The third-order valence-electron chi connectivity index (χ3n) is 6.21. The third kappa shape index (κ3) is 2.76. The Bertz CT molecular complexity index is 956. The Hall–Kier alpha value is -3.15. The number of nitrogens with one attached hydrogen (secondary N) is 2. The number of fused-ring (bicyclic) bond motifs is 1. The fraction of sp³-hybridized carbons (Fsp3) is 0.318. The molecule has 3 fully saturated rings. The molecule has 1 heterocycles. The fourth-order valence-electron chi connectivity index (χ4n) is 5.06. The number of carbonyl (C=O) groups is 3. The van der Waals surface area contributed by atoms with Crippen LogP contribution in [0.25, 0.3) is 0 Å². The summed E-state index contributed by atoms with van der Waals surface area (Å²) in [6.07, 6.45) is 1.70. The predicted molar refractivity (Wildman–Crippen MR) is 103 cm³/mol. The summed E-state index contributed by atoms with van der Waals surface area (Å²) in [5.41, 5.74) is 1.76. The largest absolute Gasteiger partial charge is 0.462 e. The molecule has 6 heteroatoms. The highest BCUT2D eigenvalue weighted by Crippen LogP contribution is 2.57. The topological polar surface area (TPSA) is 84.5 Å². The highest BCUT2D eigenvalue weighted by atomic mass is 16.6. The minimum Gasteiger partial charge on any atom is -0.462 e. The summed E-state index contributed by atoms with van der Waals surface area (Å²) in [6, 6.07) is 16.0. The Kier molecular flexibility index (Phi) is 3.93. The van der Waals surface area contributed by atoms with Crippen LogP contribution in [0.3, 0.4) is 0 Å². The third-order valence-corrected chi connectivity index (χ3v) is 6.21. The normalized spacial score (nSPS) is 29.4. The van der Waals surface area contributed by atoms with E-state index in [1.807, 2.05) is 6.07 Å². The predicted octanol–water partition coefficient (Wildman–Crippen LogP) is 3.08. The van der Waals surface area contributed by atoms with Crippen LogP contribution in [0.2, 0.25) is 0 Å². The van der Waals surface area contributed by atoms with Gasteiger partial charge in [0.25, 0.3) is 5.91 Å². The Morgan fingerprint density at radius 2 is 1.68 bits per heavy atom. The van der Waals surface area contributed by atoms with Crippen molar-refractivity contribution in [3.63, 3.8) is 0 Å². The van der Waals surface area contributed by atoms with Crippen LogP contribution < -0.4 is 10.6 Å². The molecule has 0 unspecified atom stereocenters. The molecule has 2 saturated carbocycles. The zero-order valence-electron chi connectivity index (χ0n) is 15.1. The summed E-state index contributed by atoms with van der Waals surface area (Å²) in [4.78, 5) is 37.3. The second-order valence-corrected chi connectivity index (χ2v) is 7.81. The van der Waals surface area contributed by atoms with Gasteiger partial charge in [-0.3, -0.25) is 14.4 Å². The number of amides is 2. The van der Waals surface area contributed by atoms with E-state index in [0.717, 1.165) is 12.8 Å². The Balaban J connectivity index is 1.29. The molecule has 5 rings (SSSR count). The molecule has 0 aromatic heterocycles. The van der Waals surface area contributed by atoms with E-state index in [2.05, 4.69) is 10.6 Å². The standard InChI is InChI=1S/C22H20N2O4/c25-20(12-5-2-1-3-6-12)23-14-7-4-8-15(11-14)24-21(26)18-13-9-16-17(10-13)28-22(27)19(16)18/h1-8,11,13,16-19H,9-10H2,(H,23,25)(H,24,26)/t13-,16+,17-,18+,19+/m1/s1. The van der Waals surface area contributed by atoms with Crippen molar-refractivity contribution in [1.82, 2.24) is 0 Å². The Morgan fingerprint density at radius 3 is 2.46 bits per heavy atom. The number of anilines is 2. The summed E-state index contributed by atoms with van der Waals surface area (Å²) < 4.78 is 5.41. The van der Waals surface area contributed by atoms with Crippen LogP contribution in [-0.2, 0) is 14.3 Å². The van der Waals surface area contributed by atoms with Crippen LogP contribution in [0, 0.1) is 23.7 Å². The molecule has 6 nitrogen and oxygen atoms in total. The first-order valence-electron chi connectivity index (χ1n) is 9.58. The van der Waals surface area contributed by atoms with Gasteiger partial charge in [0.15, 0.2) is 0 Å². The van der Waals surface area contributed by atoms with Crippen LogP contribution >= 0.6 is 0 Å². The molecule has 1 saturated heterocycles. The lowest BCUT2D eigenvalue weighted by atomic mass is 9.79. The first-order chi connectivity index (χ1) is 13.6. The van der Waals surface area contributed by atoms with Gasteiger partial charge in [0.05, 0.1) is 11.8 Å². The quantitative estimate of drug-likeness (QED) is 0.803. The fourth-order valence-corrected chi connectivity index (χ4v) is 5.06. The van der Waals surface area contributed by atoms with Gasteiger partial charge in [-0.1, -0.05) is 24.3 Å². The maximum atomic E-state index is 12.9. The lowest BCUT2D eigenvalue weighted by Gasteiger charge is -2.23. The van der Waals surface area contributed by atoms with E-state index in [1.54, 1.807) is 48.5 Å². The van der Waals surface area contributed by atoms with Gasteiger partial charge in [0, 0.05) is 22.9 Å². The minimum absolute atomic E-state index is 0.0167. The van der Waals surface area contributed by atoms with Crippen LogP contribution in [0.5, 0.6) is 0 Å². The van der Waals surface area contributed by atoms with Crippen molar-refractivity contribution in [2.24, 2.45) is 23.7 Å². The highest BCUT2D eigenvalue weighted by Gasteiger charge is 2.63. The molecular formula is C22H20N2O4. The van der Waals surface area contributed by atoms with Crippen LogP contribution in [0.1, 0.15) is 23.2 Å². The molecule has 2 N–H and O–H groups in total. The van der Waals surface area contributed by atoms with Gasteiger partial charge in [-0.05, 0) is 49.1 Å². The van der Waals surface area contributed by atoms with Gasteiger partial charge in [0.1, 0.15) is 6.10 Å². The second kappa shape index (κ2) is 6.48. The first-order valence-corrected chi connectivity index (χ1v) is 9.58. The molecule has 5 atom stereocenters. The maximum absolute atomic E-state index is 12.9. The van der Waals surface area contributed by atoms with Gasteiger partial charge in [-0.15, -0.1) is 0 Å². The summed E-state index contributed by atoms with van der Waals surface area (Å²) in [5.74, 6) is -0.780. The number of rotatable bonds is 4. The van der Waals surface area contributed by atoms with E-state index >= 15 is 0 Å². The van der Waals surface area contributed by atoms with E-state index in [1.165, 1.54) is 0 Å². The SMILES string of the molecule is O=C(Nc1cccc(NC(=O)[C@H]2[C@@H]3C[C@@H]4[C@@H]2C(=O)O[C@@H]4C3)c1)c1ccccc1. The van der Waals surface area contributed by atoms with Gasteiger partial charge in [0.2, 0.25) is 5.91 Å². The number of carbonyl (C=O) groups excluding carboxylic acids is 3. The van der Waals surface area contributed by atoms with Crippen molar-refractivity contribution in [2.75, 3.05) is 10.6 Å². The second-order valence-electron chi connectivity index (χ2n) is 7.81. The molecule has 0 spiro atoms. The molecule has 2 aromatic carbocycles. The molecule has 142 valence electrons. The number of ether oxygens (including phenoxy) is 1. The number of benzene rings is 2. The first kappa shape index (κ1) is 17.0. The number of hydrogen-bond acceptors (Lipinski definition) is 4. The van der Waals surface area contributed by atoms with Gasteiger partial charge in [-0.25, -0.2) is 0 Å². The summed E-state index contributed by atoms with van der Waals surface area (Å²) in [7, 11) is 0. The molecule has 28 heavy (non-hydrogen) atoms. The molecule has 3 aliphatic rings. The summed E-state index contributed by atoms with van der Waals surface area (Å²) in [5, 5.41) is 5.77. The van der Waals surface area contributed by atoms with Crippen LogP contribution in [0.4, 0.5) is 11.4 Å². The molecule has 0 radical (unpaired) electrons. The molecular weight excluding hydrogens is 356 g/mol. The smallest absolute Gasteiger partial charge is 0.310 e. The number of hydrogen-bond donors (Lipinski definition) is 2. The Morgan fingerprint density at radius 1 is 0.929 bits per heavy atom. The molecule has 1 aliphatic heterocycles. The van der Waals surface area contributed by atoms with Gasteiger partial charge < -0.3 is 15.4 Å². The molecule has 2 amide bonds. The van der Waals surface area contributed by atoms with E-state index in [4.69, 9.17) is 4.74 Å². The zero-order valence-corrected chi connectivity index (χ0v) is 15.1. The van der Waals surface area contributed by atoms with Crippen molar-refractivity contribution >= 4 is 29.2 Å². The maximum Gasteiger partial charge on any atom is 0.310 e. The van der Waals surface area contributed by atoms with Crippen LogP contribution in [-0.4, -0.2) is 23.9 Å². The minimum atomic E-state index is -0.321. The van der Waals surface area contributed by atoms with Crippen molar-refractivity contribution < 1.29 is 19.1 Å². The monoisotopic (exact) mass is 376 g/mol. The van der Waals surface area contributed by atoms with E-state index < -0.39 is 0 Å². The van der Waals surface area contributed by atoms with E-state index in [0.29, 0.717) is 16.9 Å². The van der Waals surface area contributed by atoms with E-state index in [9.17, 15) is 14.4 Å². The zero-order chi connectivity index (χ0) is 19.3. The molecule has 2 aliphatic carbocycles. The van der Waals surface area contributed by atoms with Crippen molar-refractivity contribution in [2.45, 2.75) is 18.9 Å². The highest BCUT2D eigenvalue weighted by molar-refractivity contribution is 6.04. The Labute approximate surface area is 162 Å². The summed E-state index contributed by atoms with van der Waals surface area (Å²) >= 11 is 0. The summed E-state index contributed by atoms with van der Waals surface area (Å²) in [6.45, 7) is 0. The van der Waals surface area contributed by atoms with Gasteiger partial charge >= 0.3 is 5.97 Å². The van der Waals surface area contributed by atoms with E-state index in [-0.39, 0.29) is 47.6 Å².